The van der Waals surface area contributed by atoms with Gasteiger partial charge in [-0.15, -0.1) is 11.3 Å². The van der Waals surface area contributed by atoms with Crippen molar-refractivity contribution in [2.75, 3.05) is 0 Å². The van der Waals surface area contributed by atoms with Crippen molar-refractivity contribution in [3.05, 3.63) is 23.4 Å². The van der Waals surface area contributed by atoms with Crippen molar-refractivity contribution in [3.63, 3.8) is 0 Å². The van der Waals surface area contributed by atoms with Crippen molar-refractivity contribution in [1.29, 1.82) is 0 Å². The van der Waals surface area contributed by atoms with E-state index in [-0.39, 0.29) is 5.76 Å². The predicted molar refractivity (Wildman–Crippen MR) is 44.6 cm³/mol. The van der Waals surface area contributed by atoms with Crippen molar-refractivity contribution in [1.82, 2.24) is 10.1 Å². The minimum Gasteiger partial charge on any atom is -0.475 e. The first-order valence-electron chi connectivity index (χ1n) is 3.37. The SMILES string of the molecule is O=C(O)c1cc(-c2nccs2)no1. The van der Waals surface area contributed by atoms with Gasteiger partial charge in [-0.3, -0.25) is 0 Å². The molecule has 6 heteroatoms. The Morgan fingerprint density at radius 2 is 2.46 bits per heavy atom. The molecule has 0 spiro atoms. The van der Waals surface area contributed by atoms with E-state index in [1.54, 1.807) is 11.6 Å². The van der Waals surface area contributed by atoms with Gasteiger partial charge in [0.15, 0.2) is 0 Å². The van der Waals surface area contributed by atoms with Gasteiger partial charge in [0.1, 0.15) is 10.7 Å². The lowest BCUT2D eigenvalue weighted by Gasteiger charge is -1.80. The van der Waals surface area contributed by atoms with Crippen LogP contribution in [0.5, 0.6) is 0 Å². The van der Waals surface area contributed by atoms with Crippen molar-refractivity contribution < 1.29 is 14.4 Å². The van der Waals surface area contributed by atoms with E-state index < -0.39 is 5.97 Å². The van der Waals surface area contributed by atoms with Crippen LogP contribution in [0.15, 0.2) is 22.2 Å². The topological polar surface area (TPSA) is 76.2 Å². The van der Waals surface area contributed by atoms with Crippen LogP contribution in [0.4, 0.5) is 0 Å². The summed E-state index contributed by atoms with van der Waals surface area (Å²) in [5.74, 6) is -1.31. The lowest BCUT2D eigenvalue weighted by atomic mass is 10.4. The van der Waals surface area contributed by atoms with Crippen molar-refractivity contribution >= 4 is 17.3 Å². The van der Waals surface area contributed by atoms with E-state index in [0.29, 0.717) is 10.7 Å². The third kappa shape index (κ3) is 1.43. The van der Waals surface area contributed by atoms with Gasteiger partial charge in [-0.2, -0.15) is 0 Å². The first-order chi connectivity index (χ1) is 6.27. The Labute approximate surface area is 76.6 Å². The largest absolute Gasteiger partial charge is 0.475 e. The molecule has 0 saturated heterocycles. The number of carbonyl (C=O) groups is 1. The second-order valence-corrected chi connectivity index (χ2v) is 3.11. The van der Waals surface area contributed by atoms with E-state index >= 15 is 0 Å². The van der Waals surface area contributed by atoms with E-state index in [0.717, 1.165) is 0 Å². The van der Waals surface area contributed by atoms with Crippen LogP contribution in [-0.2, 0) is 0 Å². The van der Waals surface area contributed by atoms with E-state index in [2.05, 4.69) is 14.7 Å². The fourth-order valence-electron chi connectivity index (χ4n) is 0.827. The second-order valence-electron chi connectivity index (χ2n) is 2.22. The van der Waals surface area contributed by atoms with E-state index in [9.17, 15) is 4.79 Å². The standard InChI is InChI=1S/C7H4N2O3S/c10-7(11)5-3-4(9-12-5)6-8-1-2-13-6/h1-3H,(H,10,11). The Kier molecular flexibility index (Phi) is 1.82. The summed E-state index contributed by atoms with van der Waals surface area (Å²) in [6.45, 7) is 0. The molecule has 0 atom stereocenters. The molecule has 0 radical (unpaired) electrons. The summed E-state index contributed by atoms with van der Waals surface area (Å²) < 4.78 is 4.57. The minimum absolute atomic E-state index is 0.176. The number of carboxylic acid groups (broad SMARTS) is 1. The molecule has 2 aromatic rings. The molecule has 0 aliphatic heterocycles. The van der Waals surface area contributed by atoms with Crippen molar-refractivity contribution in [2.24, 2.45) is 0 Å². The Hall–Kier alpha value is -1.69. The summed E-state index contributed by atoms with van der Waals surface area (Å²) in [6.07, 6.45) is 1.62. The second kappa shape index (κ2) is 2.98. The number of aromatic nitrogens is 2. The average molecular weight is 196 g/mol. The van der Waals surface area contributed by atoms with Crippen LogP contribution in [0.2, 0.25) is 0 Å². The van der Waals surface area contributed by atoms with E-state index in [1.807, 2.05) is 0 Å². The molecule has 5 nitrogen and oxygen atoms in total. The van der Waals surface area contributed by atoms with E-state index in [1.165, 1.54) is 17.4 Å². The normalized spacial score (nSPS) is 10.2. The molecule has 13 heavy (non-hydrogen) atoms. The highest BCUT2D eigenvalue weighted by Gasteiger charge is 2.13. The Bertz CT molecular complexity index is 421. The summed E-state index contributed by atoms with van der Waals surface area (Å²) >= 11 is 1.37. The van der Waals surface area contributed by atoms with Crippen LogP contribution in [0.1, 0.15) is 10.6 Å². The lowest BCUT2D eigenvalue weighted by molar-refractivity contribution is 0.0652. The molecule has 1 N–H and O–H groups in total. The maximum atomic E-state index is 10.4. The predicted octanol–water partition coefficient (Wildman–Crippen LogP) is 1.50. The van der Waals surface area contributed by atoms with Crippen LogP contribution < -0.4 is 0 Å². The van der Waals surface area contributed by atoms with Crippen LogP contribution in [0, 0.1) is 0 Å². The molecule has 0 aliphatic carbocycles. The summed E-state index contributed by atoms with van der Waals surface area (Å²) in [5, 5.41) is 14.5. The van der Waals surface area contributed by atoms with Gasteiger partial charge in [0.25, 0.3) is 0 Å². The maximum Gasteiger partial charge on any atom is 0.374 e. The first-order valence-corrected chi connectivity index (χ1v) is 4.25. The molecule has 0 fully saturated rings. The lowest BCUT2D eigenvalue weighted by Crippen LogP contribution is -1.91. The van der Waals surface area contributed by atoms with Gasteiger partial charge in [-0.05, 0) is 0 Å². The Morgan fingerprint density at radius 3 is 3.00 bits per heavy atom. The smallest absolute Gasteiger partial charge is 0.374 e. The Morgan fingerprint density at radius 1 is 1.62 bits per heavy atom. The van der Waals surface area contributed by atoms with Gasteiger partial charge in [-0.25, -0.2) is 9.78 Å². The van der Waals surface area contributed by atoms with Gasteiger partial charge in [0.2, 0.25) is 5.76 Å². The fourth-order valence-corrected chi connectivity index (χ4v) is 1.42. The number of thiazole rings is 1. The molecule has 0 aliphatic rings. The first kappa shape index (κ1) is 7.93. The highest BCUT2D eigenvalue weighted by molar-refractivity contribution is 7.13. The zero-order valence-electron chi connectivity index (χ0n) is 6.30. The van der Waals surface area contributed by atoms with Gasteiger partial charge in [-0.1, -0.05) is 5.16 Å². The van der Waals surface area contributed by atoms with Gasteiger partial charge < -0.3 is 9.63 Å². The number of carboxylic acids is 1. The van der Waals surface area contributed by atoms with Crippen LogP contribution >= 0.6 is 11.3 Å². The third-order valence-corrected chi connectivity index (χ3v) is 2.17. The van der Waals surface area contributed by atoms with Crippen LogP contribution in [0.3, 0.4) is 0 Å². The number of nitrogens with zero attached hydrogens (tertiary/aromatic N) is 2. The van der Waals surface area contributed by atoms with Crippen LogP contribution in [0.25, 0.3) is 10.7 Å². The number of rotatable bonds is 2. The molecule has 0 saturated carbocycles. The zero-order chi connectivity index (χ0) is 9.26. The van der Waals surface area contributed by atoms with E-state index in [4.69, 9.17) is 5.11 Å². The molecule has 2 aromatic heterocycles. The van der Waals surface area contributed by atoms with Gasteiger partial charge in [0.05, 0.1) is 0 Å². The number of hydrogen-bond donors (Lipinski definition) is 1. The molecular weight excluding hydrogens is 192 g/mol. The number of hydrogen-bond acceptors (Lipinski definition) is 5. The molecule has 0 unspecified atom stereocenters. The quantitative estimate of drug-likeness (QED) is 0.787. The van der Waals surface area contributed by atoms with Gasteiger partial charge >= 0.3 is 5.97 Å². The highest BCUT2D eigenvalue weighted by Crippen LogP contribution is 2.20. The molecule has 66 valence electrons. The Balaban J connectivity index is 2.39. The van der Waals surface area contributed by atoms with Crippen molar-refractivity contribution in [2.45, 2.75) is 0 Å². The van der Waals surface area contributed by atoms with Gasteiger partial charge in [0, 0.05) is 17.6 Å². The summed E-state index contributed by atoms with van der Waals surface area (Å²) in [4.78, 5) is 14.4. The zero-order valence-corrected chi connectivity index (χ0v) is 7.11. The average Bonchev–Trinajstić information content (AvgIpc) is 2.75. The molecule has 0 aromatic carbocycles. The van der Waals surface area contributed by atoms with Crippen LogP contribution in [-0.4, -0.2) is 21.2 Å². The summed E-state index contributed by atoms with van der Waals surface area (Å²) in [7, 11) is 0. The summed E-state index contributed by atoms with van der Waals surface area (Å²) in [6, 6.07) is 1.35. The maximum absolute atomic E-state index is 10.4. The molecule has 0 bridgehead atoms. The summed E-state index contributed by atoms with van der Waals surface area (Å²) in [5.41, 5.74) is 0.451. The monoisotopic (exact) mass is 196 g/mol. The molecule has 2 rings (SSSR count). The molecule has 0 amide bonds. The van der Waals surface area contributed by atoms with Crippen molar-refractivity contribution in [3.8, 4) is 10.7 Å². The molecular formula is C7H4N2O3S. The highest BCUT2D eigenvalue weighted by atomic mass is 32.1. The number of aromatic carboxylic acids is 1. The third-order valence-electron chi connectivity index (χ3n) is 1.37. The minimum atomic E-state index is -1.13. The fraction of sp³-hybridized carbons (Fsp3) is 0. The molecule has 2 heterocycles.